The molecule has 11 aromatic rings. The lowest BCUT2D eigenvalue weighted by atomic mass is 10.1. The molecule has 440 valence electrons. The van der Waals surface area contributed by atoms with Crippen molar-refractivity contribution in [1.82, 2.24) is 29.1 Å². The van der Waals surface area contributed by atoms with Gasteiger partial charge in [0.25, 0.3) is 0 Å². The summed E-state index contributed by atoms with van der Waals surface area (Å²) in [6, 6.07) is 73.3. The average Bonchev–Trinajstić information content (AvgIpc) is 2.40. The smallest absolute Gasteiger partial charge is 0.173 e. The lowest BCUT2D eigenvalue weighted by molar-refractivity contribution is 0.102. The number of benzene rings is 8. The molecule has 0 aliphatic heterocycles. The highest BCUT2D eigenvalue weighted by molar-refractivity contribution is 9.09. The van der Waals surface area contributed by atoms with E-state index >= 15 is 0 Å². The molecule has 0 amide bonds. The van der Waals surface area contributed by atoms with Crippen LogP contribution in [0.1, 0.15) is 68.1 Å². The van der Waals surface area contributed by atoms with Crippen molar-refractivity contribution < 1.29 is 24.1 Å². The molecule has 0 saturated carbocycles. The van der Waals surface area contributed by atoms with Crippen LogP contribution < -0.4 is 14.2 Å². The van der Waals surface area contributed by atoms with E-state index in [-0.39, 0.29) is 12.4 Å². The fourth-order valence-electron chi connectivity index (χ4n) is 9.00. The van der Waals surface area contributed by atoms with Crippen LogP contribution in [0.25, 0.3) is 67.9 Å². The number of unbranched alkanes of at least 4 members (excludes halogenated alkanes) is 2. The van der Waals surface area contributed by atoms with E-state index in [1.807, 2.05) is 182 Å². The van der Waals surface area contributed by atoms with Gasteiger partial charge in [-0.25, -0.2) is 15.0 Å². The molecular formula is C73H76BrN7O5. The summed E-state index contributed by atoms with van der Waals surface area (Å²) in [7, 11) is 5.00. The Hall–Kier alpha value is -9.43. The third kappa shape index (κ3) is 18.5. The molecule has 0 atom stereocenters. The Morgan fingerprint density at radius 2 is 0.977 bits per heavy atom. The minimum absolute atomic E-state index is 0.0368. The van der Waals surface area contributed by atoms with Crippen LogP contribution >= 0.6 is 15.9 Å². The Morgan fingerprint density at radius 1 is 0.535 bits per heavy atom. The number of carbonyl (C=O) groups is 1. The zero-order valence-electron chi connectivity index (χ0n) is 49.9. The Bertz CT molecular complexity index is 3720. The van der Waals surface area contributed by atoms with Crippen molar-refractivity contribution in [2.45, 2.75) is 66.2 Å². The summed E-state index contributed by atoms with van der Waals surface area (Å²) in [5.74, 6) is 5.47. The van der Waals surface area contributed by atoms with Crippen LogP contribution in [0.4, 0.5) is 0 Å². The maximum atomic E-state index is 11.0. The molecule has 86 heavy (non-hydrogen) atoms. The molecule has 11 rings (SSSR count). The fraction of sp³-hybridized carbons (Fsp3) is 0.192. The Labute approximate surface area is 514 Å². The van der Waals surface area contributed by atoms with Crippen LogP contribution in [0, 0.1) is 5.41 Å². The summed E-state index contributed by atoms with van der Waals surface area (Å²) in [5, 5.41) is 17.7. The molecule has 0 bridgehead atoms. The third-order valence-electron chi connectivity index (χ3n) is 13.7. The van der Waals surface area contributed by atoms with E-state index in [1.54, 1.807) is 28.3 Å². The van der Waals surface area contributed by atoms with Gasteiger partial charge in [0.2, 0.25) is 0 Å². The number of aliphatic hydroxyl groups is 1. The van der Waals surface area contributed by atoms with E-state index in [0.717, 1.165) is 134 Å². The van der Waals surface area contributed by atoms with Gasteiger partial charge in [-0.05, 0) is 104 Å². The van der Waals surface area contributed by atoms with E-state index in [2.05, 4.69) is 104 Å². The number of rotatable bonds is 19. The lowest BCUT2D eigenvalue weighted by Crippen LogP contribution is -2.05. The predicted octanol–water partition coefficient (Wildman–Crippen LogP) is 17.6. The van der Waals surface area contributed by atoms with E-state index in [1.165, 1.54) is 6.42 Å². The summed E-state index contributed by atoms with van der Waals surface area (Å²) in [6.45, 7) is 7.97. The molecule has 0 radical (unpaired) electrons. The SMILES string of the molecule is CC(=N)c1ccccc1.CCCCn1c(-c2ccccc2)nc(-c2ccc(OC)cc2)c1CO.CCCCn1cc(-c2ccc(OC)cc2)nc1-c1ccccc1.COc1ccc(-c2cnc(-c3ccccc3)[nH]2)cc1.O=C(CBr)c1ccccc1. The highest BCUT2D eigenvalue weighted by Gasteiger charge is 2.19. The van der Waals surface area contributed by atoms with Gasteiger partial charge < -0.3 is 38.8 Å². The van der Waals surface area contributed by atoms with Gasteiger partial charge in [0.15, 0.2) is 5.78 Å². The van der Waals surface area contributed by atoms with Gasteiger partial charge in [-0.2, -0.15) is 0 Å². The largest absolute Gasteiger partial charge is 0.497 e. The zero-order chi connectivity index (χ0) is 60.9. The van der Waals surface area contributed by atoms with Crippen LogP contribution in [0.3, 0.4) is 0 Å². The Balaban J connectivity index is 0.000000161. The highest BCUT2D eigenvalue weighted by Crippen LogP contribution is 2.32. The Kier molecular flexibility index (Phi) is 25.6. The first kappa shape index (κ1) is 64.1. The number of imidazole rings is 3. The predicted molar refractivity (Wildman–Crippen MR) is 355 cm³/mol. The molecule has 0 aliphatic carbocycles. The summed E-state index contributed by atoms with van der Waals surface area (Å²) >= 11 is 3.10. The summed E-state index contributed by atoms with van der Waals surface area (Å²) in [4.78, 5) is 28.5. The van der Waals surface area contributed by atoms with Crippen molar-refractivity contribution in [3.8, 4) is 85.2 Å². The standard InChI is InChI=1S/C21H24N2O2.C20H22N2O.C16H14N2O.C8H7BrO.C8H9N/c1-3-4-14-23-19(15-24)20(16-10-12-18(25-2)13-11-16)22-21(23)17-8-6-5-7-9-17;1-3-4-14-22-15-19(16-10-12-18(23-2)13-11-16)21-20(22)17-8-6-5-7-9-17;1-19-14-9-7-12(8-10-14)15-11-17-16(18-15)13-5-3-2-4-6-13;9-6-8(10)7-4-2-1-3-5-7;1-7(9)8-5-3-2-4-6-8/h5-13,24H,3-4,14-15H2,1-2H3;5-13,15H,3-4,14H2,1-2H3;2-11H,1H3,(H,17,18);1-5H,6H2;2-6,9H,1H3. The number of aromatic nitrogens is 6. The number of hydrogen-bond donors (Lipinski definition) is 3. The number of aliphatic hydroxyl groups excluding tert-OH is 1. The molecule has 12 nitrogen and oxygen atoms in total. The van der Waals surface area contributed by atoms with Crippen LogP contribution in [0.5, 0.6) is 17.2 Å². The Morgan fingerprint density at radius 3 is 1.43 bits per heavy atom. The number of nitrogens with zero attached hydrogens (tertiary/aromatic N) is 5. The van der Waals surface area contributed by atoms with Crippen molar-refractivity contribution in [2.24, 2.45) is 0 Å². The maximum Gasteiger partial charge on any atom is 0.173 e. The fourth-order valence-corrected chi connectivity index (χ4v) is 9.32. The molecule has 3 N–H and O–H groups in total. The van der Waals surface area contributed by atoms with Crippen molar-refractivity contribution in [3.05, 3.63) is 254 Å². The molecular weight excluding hydrogens is 1130 g/mol. The number of nitrogens with one attached hydrogen (secondary N) is 2. The molecule has 0 unspecified atom stereocenters. The molecule has 3 heterocycles. The molecule has 0 saturated heterocycles. The topological polar surface area (TPSA) is 153 Å². The number of ketones is 1. The van der Waals surface area contributed by atoms with Gasteiger partial charge in [0.1, 0.15) is 34.7 Å². The second kappa shape index (κ2) is 34.4. The van der Waals surface area contributed by atoms with Gasteiger partial charge in [0, 0.05) is 58.4 Å². The summed E-state index contributed by atoms with van der Waals surface area (Å²) in [5.41, 5.74) is 12.6. The van der Waals surface area contributed by atoms with Gasteiger partial charge >= 0.3 is 0 Å². The van der Waals surface area contributed by atoms with Crippen molar-refractivity contribution >= 4 is 27.4 Å². The number of methoxy groups -OCH3 is 3. The lowest BCUT2D eigenvalue weighted by Gasteiger charge is -2.11. The number of aromatic amines is 1. The van der Waals surface area contributed by atoms with E-state index in [0.29, 0.717) is 11.0 Å². The molecule has 8 aromatic carbocycles. The second-order valence-electron chi connectivity index (χ2n) is 19.7. The highest BCUT2D eigenvalue weighted by atomic mass is 79.9. The molecule has 13 heteroatoms. The number of halogens is 1. The molecule has 0 spiro atoms. The van der Waals surface area contributed by atoms with Gasteiger partial charge in [-0.15, -0.1) is 0 Å². The van der Waals surface area contributed by atoms with Crippen LogP contribution in [0.15, 0.2) is 237 Å². The van der Waals surface area contributed by atoms with E-state index < -0.39 is 0 Å². The summed E-state index contributed by atoms with van der Waals surface area (Å²) < 4.78 is 20.0. The minimum atomic E-state index is -0.0368. The van der Waals surface area contributed by atoms with Crippen LogP contribution in [0.2, 0.25) is 0 Å². The average molecular weight is 1210 g/mol. The zero-order valence-corrected chi connectivity index (χ0v) is 51.5. The maximum absolute atomic E-state index is 11.0. The van der Waals surface area contributed by atoms with Crippen LogP contribution in [-0.4, -0.2) is 72.3 Å². The van der Waals surface area contributed by atoms with E-state index in [9.17, 15) is 9.90 Å². The normalized spacial score (nSPS) is 10.3. The van der Waals surface area contributed by atoms with Crippen molar-refractivity contribution in [3.63, 3.8) is 0 Å². The second-order valence-corrected chi connectivity index (χ2v) is 20.3. The van der Waals surface area contributed by atoms with Gasteiger partial charge in [-0.1, -0.05) is 194 Å². The molecule has 0 aliphatic rings. The third-order valence-corrected chi connectivity index (χ3v) is 14.3. The van der Waals surface area contributed by atoms with Gasteiger partial charge in [-0.3, -0.25) is 4.79 Å². The first-order valence-corrected chi connectivity index (χ1v) is 29.9. The van der Waals surface area contributed by atoms with Crippen molar-refractivity contribution in [1.29, 1.82) is 5.41 Å². The first-order valence-electron chi connectivity index (χ1n) is 28.8. The quantitative estimate of drug-likeness (QED) is 0.0411. The van der Waals surface area contributed by atoms with Gasteiger partial charge in [0.05, 0.1) is 62.2 Å². The number of hydrogen-bond acceptors (Lipinski definition) is 9. The first-order chi connectivity index (χ1) is 42.1. The number of Topliss-reactive ketones (excluding diaryl/α,β-unsaturated/α-hetero) is 1. The van der Waals surface area contributed by atoms with Crippen LogP contribution in [-0.2, 0) is 19.7 Å². The molecule has 3 aromatic heterocycles. The summed E-state index contributed by atoms with van der Waals surface area (Å²) in [6.07, 6.45) is 8.47. The molecule has 0 fully saturated rings. The van der Waals surface area contributed by atoms with Crippen molar-refractivity contribution in [2.75, 3.05) is 26.7 Å². The van der Waals surface area contributed by atoms with E-state index in [4.69, 9.17) is 29.6 Å². The number of aryl methyl sites for hydroxylation is 1. The number of H-pyrrole nitrogens is 1. The number of alkyl halides is 1. The number of carbonyl (C=O) groups excluding carboxylic acids is 1. The minimum Gasteiger partial charge on any atom is -0.497 e. The monoisotopic (exact) mass is 1210 g/mol. The number of ether oxygens (including phenoxy) is 3.